The van der Waals surface area contributed by atoms with Gasteiger partial charge >= 0.3 is 6.18 Å². The van der Waals surface area contributed by atoms with Crippen molar-refractivity contribution in [2.75, 3.05) is 0 Å². The van der Waals surface area contributed by atoms with Crippen molar-refractivity contribution >= 4 is 15.9 Å². The summed E-state index contributed by atoms with van der Waals surface area (Å²) in [5.74, 6) is 0. The van der Waals surface area contributed by atoms with Gasteiger partial charge in [-0.25, -0.2) is 0 Å². The van der Waals surface area contributed by atoms with E-state index in [-0.39, 0.29) is 4.60 Å². The van der Waals surface area contributed by atoms with Crippen molar-refractivity contribution in [2.45, 2.75) is 6.18 Å². The van der Waals surface area contributed by atoms with Gasteiger partial charge in [0, 0.05) is 6.07 Å². The molecule has 12 heavy (non-hydrogen) atoms. The van der Waals surface area contributed by atoms with E-state index in [9.17, 15) is 18.0 Å². The molecule has 0 bridgehead atoms. The van der Waals surface area contributed by atoms with Crippen LogP contribution in [0.3, 0.4) is 0 Å². The molecular weight excluding hydrogens is 239 g/mol. The van der Waals surface area contributed by atoms with Crippen LogP contribution in [0.2, 0.25) is 0 Å². The Labute approximate surface area is 73.5 Å². The molecule has 0 saturated carbocycles. The van der Waals surface area contributed by atoms with Gasteiger partial charge in [-0.2, -0.15) is 13.2 Å². The fourth-order valence-electron chi connectivity index (χ4n) is 0.668. The average molecular weight is 242 g/mol. The number of hydrogen-bond acceptors (Lipinski definition) is 1. The number of pyridine rings is 1. The quantitative estimate of drug-likeness (QED) is 0.694. The molecule has 0 aliphatic heterocycles. The number of halogens is 4. The molecule has 0 spiro atoms. The molecule has 0 unspecified atom stereocenters. The number of hydrogen-bond donors (Lipinski definition) is 1. The Balaban J connectivity index is 3.28. The van der Waals surface area contributed by atoms with Crippen LogP contribution in [-0.2, 0) is 6.18 Å². The third kappa shape index (κ3) is 1.88. The van der Waals surface area contributed by atoms with Crippen LogP contribution in [0.4, 0.5) is 13.2 Å². The van der Waals surface area contributed by atoms with Gasteiger partial charge in [0.25, 0.3) is 0 Å². The van der Waals surface area contributed by atoms with E-state index in [4.69, 9.17) is 0 Å². The largest absolute Gasteiger partial charge is 0.418 e. The van der Waals surface area contributed by atoms with E-state index in [0.29, 0.717) is 0 Å². The third-order valence-corrected chi connectivity index (χ3v) is 1.80. The van der Waals surface area contributed by atoms with Crippen molar-refractivity contribution in [3.05, 3.63) is 32.7 Å². The SMILES string of the molecule is O=c1ccc(C(F)(F)F)c(Br)[nH]1. The number of aromatic amines is 1. The smallest absolute Gasteiger partial charge is 0.316 e. The molecule has 1 rings (SSSR count). The predicted molar refractivity (Wildman–Crippen MR) is 39.8 cm³/mol. The molecule has 0 aliphatic rings. The van der Waals surface area contributed by atoms with Crippen LogP contribution >= 0.6 is 15.9 Å². The Morgan fingerprint density at radius 3 is 2.33 bits per heavy atom. The second-order valence-corrected chi connectivity index (χ2v) is 2.84. The number of alkyl halides is 3. The maximum absolute atomic E-state index is 12.0. The monoisotopic (exact) mass is 241 g/mol. The Morgan fingerprint density at radius 1 is 1.33 bits per heavy atom. The Morgan fingerprint density at radius 2 is 1.92 bits per heavy atom. The van der Waals surface area contributed by atoms with Crippen LogP contribution in [0.15, 0.2) is 21.5 Å². The second-order valence-electron chi connectivity index (χ2n) is 2.05. The summed E-state index contributed by atoms with van der Waals surface area (Å²) in [5.41, 5.74) is -1.46. The number of aromatic nitrogens is 1. The Bertz CT molecular complexity index is 343. The fourth-order valence-corrected chi connectivity index (χ4v) is 1.22. The lowest BCUT2D eigenvalue weighted by Gasteiger charge is -2.06. The van der Waals surface area contributed by atoms with Crippen molar-refractivity contribution in [1.82, 2.24) is 4.98 Å². The zero-order valence-electron chi connectivity index (χ0n) is 5.57. The van der Waals surface area contributed by atoms with Crippen LogP contribution in [0.25, 0.3) is 0 Å². The molecule has 66 valence electrons. The van der Waals surface area contributed by atoms with Gasteiger partial charge in [-0.15, -0.1) is 0 Å². The Kier molecular flexibility index (Phi) is 2.27. The van der Waals surface area contributed by atoms with E-state index in [1.165, 1.54) is 0 Å². The lowest BCUT2D eigenvalue weighted by atomic mass is 10.3. The molecule has 0 amide bonds. The molecular formula is C6H3BrF3NO. The summed E-state index contributed by atoms with van der Waals surface area (Å²) in [6, 6.07) is 1.55. The maximum Gasteiger partial charge on any atom is 0.418 e. The molecule has 0 aliphatic carbocycles. The first-order valence-electron chi connectivity index (χ1n) is 2.87. The van der Waals surface area contributed by atoms with Crippen molar-refractivity contribution in [1.29, 1.82) is 0 Å². The van der Waals surface area contributed by atoms with Crippen LogP contribution < -0.4 is 5.56 Å². The van der Waals surface area contributed by atoms with Gasteiger partial charge in [0.05, 0.1) is 10.2 Å². The lowest BCUT2D eigenvalue weighted by Crippen LogP contribution is -2.12. The van der Waals surface area contributed by atoms with Crippen molar-refractivity contribution in [2.24, 2.45) is 0 Å². The topological polar surface area (TPSA) is 32.9 Å². The minimum absolute atomic E-state index is 0.345. The first-order chi connectivity index (χ1) is 5.41. The first kappa shape index (κ1) is 9.31. The molecule has 0 radical (unpaired) electrons. The molecule has 1 N–H and O–H groups in total. The summed E-state index contributed by atoms with van der Waals surface area (Å²) in [6.45, 7) is 0. The molecule has 0 aromatic carbocycles. The summed E-state index contributed by atoms with van der Waals surface area (Å²) < 4.78 is 35.7. The summed E-state index contributed by atoms with van der Waals surface area (Å²) in [4.78, 5) is 12.5. The standard InChI is InChI=1S/C6H3BrF3NO/c7-5-3(6(8,9)10)1-2-4(12)11-5/h1-2H,(H,11,12). The van der Waals surface area contributed by atoms with Crippen LogP contribution in [0.1, 0.15) is 5.56 Å². The zero-order chi connectivity index (χ0) is 9.35. The molecule has 0 fully saturated rings. The molecule has 1 aromatic rings. The molecule has 0 saturated heterocycles. The van der Waals surface area contributed by atoms with E-state index in [1.807, 2.05) is 4.98 Å². The van der Waals surface area contributed by atoms with Gasteiger partial charge in [0.2, 0.25) is 5.56 Å². The second kappa shape index (κ2) is 2.93. The highest BCUT2D eigenvalue weighted by molar-refractivity contribution is 9.10. The maximum atomic E-state index is 12.0. The van der Waals surface area contributed by atoms with Crippen molar-refractivity contribution in [3.63, 3.8) is 0 Å². The van der Waals surface area contributed by atoms with Gasteiger partial charge in [-0.3, -0.25) is 4.79 Å². The number of rotatable bonds is 0. The summed E-state index contributed by atoms with van der Waals surface area (Å²) in [7, 11) is 0. The summed E-state index contributed by atoms with van der Waals surface area (Å²) >= 11 is 2.61. The van der Waals surface area contributed by atoms with E-state index in [1.54, 1.807) is 0 Å². The van der Waals surface area contributed by atoms with Gasteiger partial charge in [0.15, 0.2) is 0 Å². The summed E-state index contributed by atoms with van der Waals surface area (Å²) in [5, 5.41) is 0. The minimum Gasteiger partial charge on any atom is -0.316 e. The highest BCUT2D eigenvalue weighted by Crippen LogP contribution is 2.32. The van der Waals surface area contributed by atoms with E-state index in [0.717, 1.165) is 12.1 Å². The highest BCUT2D eigenvalue weighted by atomic mass is 79.9. The lowest BCUT2D eigenvalue weighted by molar-refractivity contribution is -0.138. The van der Waals surface area contributed by atoms with Gasteiger partial charge < -0.3 is 4.98 Å². The Hall–Kier alpha value is -0.780. The molecule has 1 aromatic heterocycles. The molecule has 2 nitrogen and oxygen atoms in total. The van der Waals surface area contributed by atoms with Crippen LogP contribution in [-0.4, -0.2) is 4.98 Å². The van der Waals surface area contributed by atoms with Gasteiger partial charge in [-0.1, -0.05) is 0 Å². The van der Waals surface area contributed by atoms with Crippen LogP contribution in [0.5, 0.6) is 0 Å². The van der Waals surface area contributed by atoms with Crippen molar-refractivity contribution < 1.29 is 13.2 Å². The van der Waals surface area contributed by atoms with E-state index in [2.05, 4.69) is 15.9 Å². The molecule has 6 heteroatoms. The van der Waals surface area contributed by atoms with Gasteiger partial charge in [-0.05, 0) is 22.0 Å². The first-order valence-corrected chi connectivity index (χ1v) is 3.66. The summed E-state index contributed by atoms with van der Waals surface area (Å²) in [6.07, 6.45) is -4.44. The zero-order valence-corrected chi connectivity index (χ0v) is 7.16. The molecule has 1 heterocycles. The fraction of sp³-hybridized carbons (Fsp3) is 0.167. The number of H-pyrrole nitrogens is 1. The molecule has 0 atom stereocenters. The van der Waals surface area contributed by atoms with E-state index >= 15 is 0 Å². The van der Waals surface area contributed by atoms with Crippen LogP contribution in [0, 0.1) is 0 Å². The van der Waals surface area contributed by atoms with E-state index < -0.39 is 17.3 Å². The third-order valence-electron chi connectivity index (χ3n) is 1.18. The highest BCUT2D eigenvalue weighted by Gasteiger charge is 2.33. The van der Waals surface area contributed by atoms with Crippen molar-refractivity contribution in [3.8, 4) is 0 Å². The predicted octanol–water partition coefficient (Wildman–Crippen LogP) is 2.16. The number of nitrogens with one attached hydrogen (secondary N) is 1. The van der Waals surface area contributed by atoms with Gasteiger partial charge in [0.1, 0.15) is 0 Å². The average Bonchev–Trinajstić information content (AvgIpc) is 1.83. The normalized spacial score (nSPS) is 11.7. The minimum atomic E-state index is -4.44.